The summed E-state index contributed by atoms with van der Waals surface area (Å²) in [7, 11) is 0. The van der Waals surface area contributed by atoms with Gasteiger partial charge in [0.1, 0.15) is 11.6 Å². The molecule has 0 fully saturated rings. The first-order valence-corrected chi connectivity index (χ1v) is 6.00. The van der Waals surface area contributed by atoms with Gasteiger partial charge >= 0.3 is 5.97 Å². The third kappa shape index (κ3) is 3.57. The Bertz CT molecular complexity index is 480. The van der Waals surface area contributed by atoms with Crippen molar-refractivity contribution in [3.8, 4) is 0 Å². The Labute approximate surface area is 103 Å². The normalized spacial score (nSPS) is 10.1. The van der Waals surface area contributed by atoms with Crippen molar-refractivity contribution in [2.75, 3.05) is 5.73 Å². The molecule has 0 amide bonds. The van der Waals surface area contributed by atoms with Crippen LogP contribution in [0, 0.1) is 0 Å². The van der Waals surface area contributed by atoms with Gasteiger partial charge in [0.05, 0.1) is 6.42 Å². The topological polar surface area (TPSA) is 65.2 Å². The molecule has 0 atom stereocenters. The number of nitrogen functional groups attached to an aromatic ring is 1. The average Bonchev–Trinajstić information content (AvgIpc) is 2.83. The number of carbonyl (C=O) groups excluding carboxylic acids is 1. The molecule has 0 spiro atoms. The molecule has 4 nitrogen and oxygen atoms in total. The van der Waals surface area contributed by atoms with Crippen LogP contribution in [0.15, 0.2) is 35.8 Å². The molecule has 0 saturated carbocycles. The van der Waals surface area contributed by atoms with Gasteiger partial charge in [0.15, 0.2) is 0 Å². The van der Waals surface area contributed by atoms with E-state index in [1.165, 1.54) is 11.3 Å². The Hall–Kier alpha value is -1.88. The van der Waals surface area contributed by atoms with Gasteiger partial charge in [0.25, 0.3) is 0 Å². The lowest BCUT2D eigenvalue weighted by molar-refractivity contribution is -0.144. The number of thiazole rings is 1. The molecule has 0 aliphatic rings. The SMILES string of the molecule is Nc1ccc(CC(=O)OCc2nccs2)cc1. The second-order valence-corrected chi connectivity index (χ2v) is 4.48. The molecule has 1 aromatic carbocycles. The quantitative estimate of drug-likeness (QED) is 0.664. The number of hydrogen-bond donors (Lipinski definition) is 1. The van der Waals surface area contributed by atoms with Crippen LogP contribution in [-0.2, 0) is 22.6 Å². The van der Waals surface area contributed by atoms with Gasteiger partial charge < -0.3 is 10.5 Å². The first-order chi connectivity index (χ1) is 8.24. The molecule has 1 aromatic heterocycles. The number of benzene rings is 1. The number of carbonyl (C=O) groups is 1. The minimum absolute atomic E-state index is 0.242. The van der Waals surface area contributed by atoms with Crippen LogP contribution in [0.1, 0.15) is 10.6 Å². The minimum atomic E-state index is -0.259. The van der Waals surface area contributed by atoms with E-state index < -0.39 is 0 Å². The van der Waals surface area contributed by atoms with Crippen LogP contribution in [0.3, 0.4) is 0 Å². The van der Waals surface area contributed by atoms with Crippen molar-refractivity contribution < 1.29 is 9.53 Å². The van der Waals surface area contributed by atoms with Gasteiger partial charge in [-0.1, -0.05) is 12.1 Å². The zero-order valence-electron chi connectivity index (χ0n) is 9.13. The molecule has 2 aromatic rings. The minimum Gasteiger partial charge on any atom is -0.458 e. The second kappa shape index (κ2) is 5.45. The molecule has 17 heavy (non-hydrogen) atoms. The third-order valence-electron chi connectivity index (χ3n) is 2.17. The highest BCUT2D eigenvalue weighted by Gasteiger charge is 2.06. The van der Waals surface area contributed by atoms with Gasteiger partial charge in [0.2, 0.25) is 0 Å². The lowest BCUT2D eigenvalue weighted by Gasteiger charge is -2.03. The summed E-state index contributed by atoms with van der Waals surface area (Å²) >= 11 is 1.47. The first kappa shape index (κ1) is 11.6. The van der Waals surface area contributed by atoms with Crippen LogP contribution < -0.4 is 5.73 Å². The van der Waals surface area contributed by atoms with Crippen molar-refractivity contribution in [1.29, 1.82) is 0 Å². The second-order valence-electron chi connectivity index (χ2n) is 3.50. The fourth-order valence-corrected chi connectivity index (χ4v) is 1.85. The monoisotopic (exact) mass is 248 g/mol. The standard InChI is InChI=1S/C12H12N2O2S/c13-10-3-1-9(2-4-10)7-12(15)16-8-11-14-5-6-17-11/h1-6H,7-8,13H2. The van der Waals surface area contributed by atoms with Crippen LogP contribution in [-0.4, -0.2) is 11.0 Å². The van der Waals surface area contributed by atoms with E-state index >= 15 is 0 Å². The summed E-state index contributed by atoms with van der Waals surface area (Å²) in [5, 5.41) is 2.65. The highest BCUT2D eigenvalue weighted by atomic mass is 32.1. The van der Waals surface area contributed by atoms with Gasteiger partial charge in [-0.15, -0.1) is 11.3 Å². The van der Waals surface area contributed by atoms with E-state index in [1.807, 2.05) is 17.5 Å². The number of esters is 1. The zero-order chi connectivity index (χ0) is 12.1. The average molecular weight is 248 g/mol. The van der Waals surface area contributed by atoms with Crippen LogP contribution in [0.4, 0.5) is 5.69 Å². The zero-order valence-corrected chi connectivity index (χ0v) is 9.94. The molecule has 2 N–H and O–H groups in total. The summed E-state index contributed by atoms with van der Waals surface area (Å²) in [6, 6.07) is 7.17. The van der Waals surface area contributed by atoms with Crippen molar-refractivity contribution in [2.24, 2.45) is 0 Å². The van der Waals surface area contributed by atoms with E-state index in [0.29, 0.717) is 5.69 Å². The summed E-state index contributed by atoms with van der Waals surface area (Å²) in [6.07, 6.45) is 1.94. The number of nitrogens with zero attached hydrogens (tertiary/aromatic N) is 1. The molecule has 0 aliphatic heterocycles. The lowest BCUT2D eigenvalue weighted by Crippen LogP contribution is -2.07. The predicted octanol–water partition coefficient (Wildman–Crippen LogP) is 2.01. The largest absolute Gasteiger partial charge is 0.458 e. The van der Waals surface area contributed by atoms with Crippen LogP contribution in [0.25, 0.3) is 0 Å². The molecule has 5 heteroatoms. The first-order valence-electron chi connectivity index (χ1n) is 5.12. The molecule has 1 heterocycles. The van der Waals surface area contributed by atoms with E-state index in [4.69, 9.17) is 10.5 Å². The molecule has 0 unspecified atom stereocenters. The van der Waals surface area contributed by atoms with E-state index in [2.05, 4.69) is 4.98 Å². The maximum absolute atomic E-state index is 11.5. The number of ether oxygens (including phenoxy) is 1. The molecule has 0 saturated heterocycles. The molecule has 0 aliphatic carbocycles. The summed E-state index contributed by atoms with van der Waals surface area (Å²) in [6.45, 7) is 0.242. The third-order valence-corrected chi connectivity index (χ3v) is 2.92. The van der Waals surface area contributed by atoms with E-state index in [-0.39, 0.29) is 19.0 Å². The Kier molecular flexibility index (Phi) is 3.72. The van der Waals surface area contributed by atoms with E-state index in [1.54, 1.807) is 18.3 Å². The van der Waals surface area contributed by atoms with Crippen LogP contribution in [0.2, 0.25) is 0 Å². The maximum Gasteiger partial charge on any atom is 0.310 e. The summed E-state index contributed by atoms with van der Waals surface area (Å²) in [5.74, 6) is -0.259. The lowest BCUT2D eigenvalue weighted by atomic mass is 10.1. The van der Waals surface area contributed by atoms with Crippen LogP contribution in [0.5, 0.6) is 0 Å². The van der Waals surface area contributed by atoms with Gasteiger partial charge in [0, 0.05) is 17.3 Å². The number of hydrogen-bond acceptors (Lipinski definition) is 5. The number of aromatic nitrogens is 1. The Balaban J connectivity index is 1.83. The fraction of sp³-hybridized carbons (Fsp3) is 0.167. The Morgan fingerprint density at radius 3 is 2.76 bits per heavy atom. The number of anilines is 1. The highest BCUT2D eigenvalue weighted by Crippen LogP contribution is 2.09. The fourth-order valence-electron chi connectivity index (χ4n) is 1.32. The van der Waals surface area contributed by atoms with Gasteiger partial charge in [-0.25, -0.2) is 4.98 Å². The van der Waals surface area contributed by atoms with Gasteiger partial charge in [-0.3, -0.25) is 4.79 Å². The molecule has 0 radical (unpaired) electrons. The summed E-state index contributed by atoms with van der Waals surface area (Å²) in [4.78, 5) is 15.5. The van der Waals surface area contributed by atoms with Gasteiger partial charge in [-0.05, 0) is 17.7 Å². The highest BCUT2D eigenvalue weighted by molar-refractivity contribution is 7.09. The van der Waals surface area contributed by atoms with Crippen molar-refractivity contribution in [3.63, 3.8) is 0 Å². The summed E-state index contributed by atoms with van der Waals surface area (Å²) < 4.78 is 5.10. The van der Waals surface area contributed by atoms with Crippen molar-refractivity contribution in [1.82, 2.24) is 4.98 Å². The summed E-state index contributed by atoms with van der Waals surface area (Å²) in [5.41, 5.74) is 7.13. The number of rotatable bonds is 4. The molecule has 0 bridgehead atoms. The van der Waals surface area contributed by atoms with Crippen LogP contribution >= 0.6 is 11.3 Å². The number of nitrogens with two attached hydrogens (primary N) is 1. The van der Waals surface area contributed by atoms with Crippen molar-refractivity contribution >= 4 is 23.0 Å². The van der Waals surface area contributed by atoms with Gasteiger partial charge in [-0.2, -0.15) is 0 Å². The molecular formula is C12H12N2O2S. The van der Waals surface area contributed by atoms with Crippen molar-refractivity contribution in [2.45, 2.75) is 13.0 Å². The van der Waals surface area contributed by atoms with E-state index in [9.17, 15) is 4.79 Å². The van der Waals surface area contributed by atoms with Crippen molar-refractivity contribution in [3.05, 3.63) is 46.4 Å². The molecule has 2 rings (SSSR count). The molecule has 88 valence electrons. The molecular weight excluding hydrogens is 236 g/mol. The maximum atomic E-state index is 11.5. The predicted molar refractivity (Wildman–Crippen MR) is 66.5 cm³/mol. The Morgan fingerprint density at radius 2 is 2.12 bits per heavy atom. The smallest absolute Gasteiger partial charge is 0.310 e. The Morgan fingerprint density at radius 1 is 1.35 bits per heavy atom. The van der Waals surface area contributed by atoms with E-state index in [0.717, 1.165) is 10.6 Å².